The van der Waals surface area contributed by atoms with Crippen LogP contribution in [0, 0.1) is 5.92 Å². The molecule has 2 atom stereocenters. The zero-order chi connectivity index (χ0) is 21.1. The number of carbonyl (C=O) groups is 3. The average molecular weight is 414 g/mol. The molecule has 3 heterocycles. The van der Waals surface area contributed by atoms with Gasteiger partial charge in [0.05, 0.1) is 30.7 Å². The summed E-state index contributed by atoms with van der Waals surface area (Å²) in [6.45, 7) is 5.70. The highest BCUT2D eigenvalue weighted by molar-refractivity contribution is 6.22. The standard InChI is InChI=1S/C23H31N3O4/c1-2-14-30-19-9-7-18(8-10-19)26-21(27)15-20(23(26)29)25-13-5-6-17(16-25)22(28)24-11-3-4-12-24/h7-10,17,20H,2-6,11-16H2,1H3/t17-,20+/m0/s1. The minimum atomic E-state index is -0.470. The number of carbonyl (C=O) groups excluding carboxylic acids is 3. The van der Waals surface area contributed by atoms with Gasteiger partial charge in [-0.05, 0) is 62.9 Å². The second-order valence-electron chi connectivity index (χ2n) is 8.50. The van der Waals surface area contributed by atoms with E-state index in [0.717, 1.165) is 57.5 Å². The van der Waals surface area contributed by atoms with Crippen LogP contribution >= 0.6 is 0 Å². The number of likely N-dealkylation sites (tertiary alicyclic amines) is 2. The Kier molecular flexibility index (Phi) is 6.37. The number of nitrogens with zero attached hydrogens (tertiary/aromatic N) is 3. The van der Waals surface area contributed by atoms with Crippen LogP contribution in [0.1, 0.15) is 45.4 Å². The van der Waals surface area contributed by atoms with Crippen LogP contribution in [-0.2, 0) is 14.4 Å². The molecule has 0 saturated carbocycles. The highest BCUT2D eigenvalue weighted by Gasteiger charge is 2.44. The van der Waals surface area contributed by atoms with Crippen molar-refractivity contribution in [2.45, 2.75) is 51.5 Å². The third-order valence-electron chi connectivity index (χ3n) is 6.35. The topological polar surface area (TPSA) is 70.2 Å². The van der Waals surface area contributed by atoms with E-state index in [9.17, 15) is 14.4 Å². The van der Waals surface area contributed by atoms with Gasteiger partial charge in [0, 0.05) is 19.6 Å². The number of imide groups is 1. The van der Waals surface area contributed by atoms with Gasteiger partial charge >= 0.3 is 0 Å². The predicted molar refractivity (Wildman–Crippen MR) is 113 cm³/mol. The molecule has 1 aromatic rings. The normalized spacial score (nSPS) is 25.2. The lowest BCUT2D eigenvalue weighted by atomic mass is 9.95. The molecule has 0 spiro atoms. The molecule has 162 valence electrons. The number of anilines is 1. The van der Waals surface area contributed by atoms with Crippen molar-refractivity contribution in [2.24, 2.45) is 5.92 Å². The van der Waals surface area contributed by atoms with Crippen molar-refractivity contribution < 1.29 is 19.1 Å². The summed E-state index contributed by atoms with van der Waals surface area (Å²) < 4.78 is 5.59. The van der Waals surface area contributed by atoms with Crippen LogP contribution in [0.25, 0.3) is 0 Å². The van der Waals surface area contributed by atoms with E-state index >= 15 is 0 Å². The fraction of sp³-hybridized carbons (Fsp3) is 0.609. The maximum Gasteiger partial charge on any atom is 0.251 e. The third-order valence-corrected chi connectivity index (χ3v) is 6.35. The van der Waals surface area contributed by atoms with Gasteiger partial charge < -0.3 is 9.64 Å². The Labute approximate surface area is 177 Å². The van der Waals surface area contributed by atoms with Crippen LogP contribution in [0.3, 0.4) is 0 Å². The summed E-state index contributed by atoms with van der Waals surface area (Å²) in [4.78, 5) is 44.0. The number of benzene rings is 1. The molecular weight excluding hydrogens is 382 g/mol. The molecule has 4 rings (SSSR count). The Hall–Kier alpha value is -2.41. The Bertz CT molecular complexity index is 788. The molecular formula is C23H31N3O4. The smallest absolute Gasteiger partial charge is 0.251 e. The minimum Gasteiger partial charge on any atom is -0.494 e. The maximum atomic E-state index is 13.1. The van der Waals surface area contributed by atoms with Gasteiger partial charge in [-0.2, -0.15) is 0 Å². The second kappa shape index (κ2) is 9.16. The van der Waals surface area contributed by atoms with Gasteiger partial charge in [0.15, 0.2) is 0 Å². The zero-order valence-corrected chi connectivity index (χ0v) is 17.7. The molecule has 30 heavy (non-hydrogen) atoms. The number of piperidine rings is 1. The van der Waals surface area contributed by atoms with Crippen molar-refractivity contribution in [1.29, 1.82) is 0 Å². The van der Waals surface area contributed by atoms with Crippen molar-refractivity contribution >= 4 is 23.4 Å². The highest BCUT2D eigenvalue weighted by atomic mass is 16.5. The molecule has 1 aromatic carbocycles. The van der Waals surface area contributed by atoms with Crippen molar-refractivity contribution in [1.82, 2.24) is 9.80 Å². The van der Waals surface area contributed by atoms with E-state index < -0.39 is 6.04 Å². The molecule has 0 aromatic heterocycles. The summed E-state index contributed by atoms with van der Waals surface area (Å²) in [6, 6.07) is 6.65. The van der Waals surface area contributed by atoms with Crippen molar-refractivity contribution in [3.63, 3.8) is 0 Å². The molecule has 7 heteroatoms. The van der Waals surface area contributed by atoms with Crippen LogP contribution < -0.4 is 9.64 Å². The average Bonchev–Trinajstić information content (AvgIpc) is 3.40. The fourth-order valence-electron chi connectivity index (χ4n) is 4.77. The van der Waals surface area contributed by atoms with Gasteiger partial charge in [-0.3, -0.25) is 19.3 Å². The zero-order valence-electron chi connectivity index (χ0n) is 17.7. The Balaban J connectivity index is 1.42. The molecule has 3 aliphatic rings. The fourth-order valence-corrected chi connectivity index (χ4v) is 4.77. The number of ether oxygens (including phenoxy) is 1. The lowest BCUT2D eigenvalue weighted by Crippen LogP contribution is -2.50. The van der Waals surface area contributed by atoms with Crippen LogP contribution in [0.2, 0.25) is 0 Å². The summed E-state index contributed by atoms with van der Waals surface area (Å²) in [6.07, 6.45) is 5.00. The van der Waals surface area contributed by atoms with E-state index in [-0.39, 0.29) is 30.1 Å². The van der Waals surface area contributed by atoms with Gasteiger partial charge in [0.2, 0.25) is 11.8 Å². The molecule has 7 nitrogen and oxygen atoms in total. The highest BCUT2D eigenvalue weighted by Crippen LogP contribution is 2.30. The van der Waals surface area contributed by atoms with Crippen molar-refractivity contribution in [3.8, 4) is 5.75 Å². The van der Waals surface area contributed by atoms with E-state index in [1.807, 2.05) is 11.8 Å². The summed E-state index contributed by atoms with van der Waals surface area (Å²) in [7, 11) is 0. The van der Waals surface area contributed by atoms with Gasteiger partial charge in [-0.15, -0.1) is 0 Å². The SMILES string of the molecule is CCCOc1ccc(N2C(=O)C[C@@H](N3CCC[C@H](C(=O)N4CCCC4)C3)C2=O)cc1. The quantitative estimate of drug-likeness (QED) is 0.670. The first-order valence-corrected chi connectivity index (χ1v) is 11.2. The number of amides is 3. The van der Waals surface area contributed by atoms with Gasteiger partial charge in [-0.1, -0.05) is 6.92 Å². The van der Waals surface area contributed by atoms with E-state index in [1.54, 1.807) is 24.3 Å². The molecule has 0 N–H and O–H groups in total. The lowest BCUT2D eigenvalue weighted by Gasteiger charge is -2.36. The second-order valence-corrected chi connectivity index (χ2v) is 8.50. The molecule has 0 aliphatic carbocycles. The van der Waals surface area contributed by atoms with E-state index in [0.29, 0.717) is 18.8 Å². The summed E-state index contributed by atoms with van der Waals surface area (Å²) >= 11 is 0. The van der Waals surface area contributed by atoms with Crippen LogP contribution in [0.5, 0.6) is 5.75 Å². The molecule has 0 bridgehead atoms. The largest absolute Gasteiger partial charge is 0.494 e. The number of rotatable bonds is 6. The maximum absolute atomic E-state index is 13.1. The van der Waals surface area contributed by atoms with E-state index in [1.165, 1.54) is 4.90 Å². The molecule has 3 amide bonds. The first-order valence-electron chi connectivity index (χ1n) is 11.2. The molecule has 3 saturated heterocycles. The van der Waals surface area contributed by atoms with Crippen molar-refractivity contribution in [2.75, 3.05) is 37.7 Å². The lowest BCUT2D eigenvalue weighted by molar-refractivity contribution is -0.137. The minimum absolute atomic E-state index is 0.0659. The first kappa shape index (κ1) is 20.8. The number of hydrogen-bond acceptors (Lipinski definition) is 5. The van der Waals surface area contributed by atoms with Gasteiger partial charge in [0.1, 0.15) is 5.75 Å². The van der Waals surface area contributed by atoms with Gasteiger partial charge in [-0.25, -0.2) is 4.90 Å². The summed E-state index contributed by atoms with van der Waals surface area (Å²) in [5, 5.41) is 0. The van der Waals surface area contributed by atoms with E-state index in [4.69, 9.17) is 4.74 Å². The number of hydrogen-bond donors (Lipinski definition) is 0. The first-order chi connectivity index (χ1) is 14.6. The van der Waals surface area contributed by atoms with Crippen LogP contribution in [0.4, 0.5) is 5.69 Å². The molecule has 0 unspecified atom stereocenters. The summed E-state index contributed by atoms with van der Waals surface area (Å²) in [5.74, 6) is 0.518. The van der Waals surface area contributed by atoms with Crippen LogP contribution in [-0.4, -0.2) is 66.3 Å². The summed E-state index contributed by atoms with van der Waals surface area (Å²) in [5.41, 5.74) is 0.582. The molecule has 3 aliphatic heterocycles. The van der Waals surface area contributed by atoms with E-state index in [2.05, 4.69) is 4.90 Å². The Morgan fingerprint density at radius 1 is 1.07 bits per heavy atom. The predicted octanol–water partition coefficient (Wildman–Crippen LogP) is 2.44. The van der Waals surface area contributed by atoms with Gasteiger partial charge in [0.25, 0.3) is 5.91 Å². The molecule has 3 fully saturated rings. The Morgan fingerprint density at radius 3 is 2.50 bits per heavy atom. The molecule has 0 radical (unpaired) electrons. The van der Waals surface area contributed by atoms with Crippen LogP contribution in [0.15, 0.2) is 24.3 Å². The van der Waals surface area contributed by atoms with Crippen molar-refractivity contribution in [3.05, 3.63) is 24.3 Å². The monoisotopic (exact) mass is 413 g/mol. The Morgan fingerprint density at radius 2 is 1.80 bits per heavy atom. The third kappa shape index (κ3) is 4.21.